The fourth-order valence-electron chi connectivity index (χ4n) is 1.38. The molecule has 15 heavy (non-hydrogen) atoms. The number of aromatic nitrogens is 1. The maximum absolute atomic E-state index is 12.2. The Kier molecular flexibility index (Phi) is 3.96. The number of hydrogen-bond donors (Lipinski definition) is 1. The summed E-state index contributed by atoms with van der Waals surface area (Å²) < 4.78 is 24.4. The summed E-state index contributed by atoms with van der Waals surface area (Å²) in [4.78, 5) is 5.49. The van der Waals surface area contributed by atoms with E-state index in [9.17, 15) is 8.78 Å². The molecule has 0 saturated heterocycles. The van der Waals surface area contributed by atoms with E-state index in [1.165, 1.54) is 4.90 Å². The largest absolute Gasteiger partial charge is 0.354 e. The van der Waals surface area contributed by atoms with Crippen LogP contribution in [0.3, 0.4) is 0 Å². The highest BCUT2D eigenvalue weighted by Gasteiger charge is 2.14. The number of anilines is 1. The van der Waals surface area contributed by atoms with Crippen molar-refractivity contribution in [1.82, 2.24) is 4.98 Å². The molecule has 2 N–H and O–H groups in total. The van der Waals surface area contributed by atoms with Crippen molar-refractivity contribution < 1.29 is 8.78 Å². The Labute approximate surface area is 87.9 Å². The summed E-state index contributed by atoms with van der Waals surface area (Å²) in [6.45, 7) is 1.47. The second-order valence-corrected chi connectivity index (χ2v) is 3.48. The van der Waals surface area contributed by atoms with Crippen molar-refractivity contribution in [3.8, 4) is 0 Å². The molecule has 0 aliphatic carbocycles. The number of halogens is 2. The number of nitrogens with two attached hydrogens (primary N) is 1. The molecule has 0 aromatic carbocycles. The second-order valence-electron chi connectivity index (χ2n) is 3.48. The lowest BCUT2D eigenvalue weighted by molar-refractivity contribution is 0.156. The van der Waals surface area contributed by atoms with Gasteiger partial charge < -0.3 is 10.6 Å². The Hall–Kier alpha value is -1.23. The Bertz CT molecular complexity index is 315. The van der Waals surface area contributed by atoms with Crippen molar-refractivity contribution in [2.75, 3.05) is 18.5 Å². The van der Waals surface area contributed by atoms with Gasteiger partial charge in [0.15, 0.2) is 0 Å². The molecule has 0 aliphatic heterocycles. The summed E-state index contributed by atoms with van der Waals surface area (Å²) in [6, 6.07) is 3.33. The van der Waals surface area contributed by atoms with Crippen LogP contribution in [0.15, 0.2) is 18.3 Å². The zero-order chi connectivity index (χ0) is 11.4. The highest BCUT2D eigenvalue weighted by atomic mass is 19.3. The maximum Gasteiger partial charge on any atom is 0.255 e. The van der Waals surface area contributed by atoms with Gasteiger partial charge in [-0.25, -0.2) is 13.8 Å². The highest BCUT2D eigenvalue weighted by Crippen LogP contribution is 2.21. The molecule has 1 aromatic heterocycles. The first-order chi connectivity index (χ1) is 7.02. The SMILES string of the molecule is C[C@H](N)c1cccnc1N(C)CC(F)F. The van der Waals surface area contributed by atoms with Crippen LogP contribution in [0.25, 0.3) is 0 Å². The first-order valence-corrected chi connectivity index (χ1v) is 4.72. The van der Waals surface area contributed by atoms with E-state index in [4.69, 9.17) is 5.73 Å². The van der Waals surface area contributed by atoms with Gasteiger partial charge in [-0.05, 0) is 13.0 Å². The van der Waals surface area contributed by atoms with Gasteiger partial charge in [0.05, 0.1) is 6.54 Å². The van der Waals surface area contributed by atoms with Crippen molar-refractivity contribution in [3.05, 3.63) is 23.9 Å². The molecular weight excluding hydrogens is 200 g/mol. The van der Waals surface area contributed by atoms with E-state index in [1.807, 2.05) is 0 Å². The van der Waals surface area contributed by atoms with Crippen LogP contribution in [0, 0.1) is 0 Å². The van der Waals surface area contributed by atoms with Crippen LogP contribution < -0.4 is 10.6 Å². The zero-order valence-electron chi connectivity index (χ0n) is 8.82. The minimum Gasteiger partial charge on any atom is -0.354 e. The molecule has 5 heteroatoms. The fraction of sp³-hybridized carbons (Fsp3) is 0.500. The minimum atomic E-state index is -2.38. The topological polar surface area (TPSA) is 42.1 Å². The second kappa shape index (κ2) is 5.02. The van der Waals surface area contributed by atoms with Gasteiger partial charge in [0.2, 0.25) is 0 Å². The average Bonchev–Trinajstić information content (AvgIpc) is 2.16. The van der Waals surface area contributed by atoms with E-state index in [1.54, 1.807) is 32.3 Å². The molecule has 0 spiro atoms. The van der Waals surface area contributed by atoms with Gasteiger partial charge in [-0.15, -0.1) is 0 Å². The van der Waals surface area contributed by atoms with E-state index < -0.39 is 6.43 Å². The summed E-state index contributed by atoms with van der Waals surface area (Å²) in [5.41, 5.74) is 6.51. The smallest absolute Gasteiger partial charge is 0.255 e. The lowest BCUT2D eigenvalue weighted by Crippen LogP contribution is -2.27. The third-order valence-corrected chi connectivity index (χ3v) is 2.08. The Morgan fingerprint density at radius 3 is 2.73 bits per heavy atom. The summed E-state index contributed by atoms with van der Waals surface area (Å²) in [5.74, 6) is 0.521. The van der Waals surface area contributed by atoms with Crippen LogP contribution in [0.4, 0.5) is 14.6 Å². The van der Waals surface area contributed by atoms with Crippen LogP contribution in [-0.2, 0) is 0 Å². The van der Waals surface area contributed by atoms with Gasteiger partial charge >= 0.3 is 0 Å². The lowest BCUT2D eigenvalue weighted by atomic mass is 10.1. The standard InChI is InChI=1S/C10H15F2N3/c1-7(13)8-4-3-5-14-10(8)15(2)6-9(11)12/h3-5,7,9H,6,13H2,1-2H3/t7-/m0/s1. The van der Waals surface area contributed by atoms with Gasteiger partial charge in [0, 0.05) is 24.8 Å². The number of nitrogens with zero attached hydrogens (tertiary/aromatic N) is 2. The molecule has 1 rings (SSSR count). The molecule has 0 saturated carbocycles. The predicted molar refractivity (Wildman–Crippen MR) is 56.1 cm³/mol. The third kappa shape index (κ3) is 3.13. The van der Waals surface area contributed by atoms with Gasteiger partial charge in [-0.2, -0.15) is 0 Å². The Balaban J connectivity index is 2.92. The van der Waals surface area contributed by atoms with Gasteiger partial charge in [0.25, 0.3) is 6.43 Å². The molecule has 0 radical (unpaired) electrons. The molecule has 1 atom stereocenters. The van der Waals surface area contributed by atoms with Crippen LogP contribution >= 0.6 is 0 Å². The average molecular weight is 215 g/mol. The van der Waals surface area contributed by atoms with Crippen molar-refractivity contribution in [1.29, 1.82) is 0 Å². The number of pyridine rings is 1. The Morgan fingerprint density at radius 2 is 2.20 bits per heavy atom. The first-order valence-electron chi connectivity index (χ1n) is 4.72. The number of hydrogen-bond acceptors (Lipinski definition) is 3. The molecule has 84 valence electrons. The summed E-state index contributed by atoms with van der Waals surface area (Å²) in [5, 5.41) is 0. The van der Waals surface area contributed by atoms with Gasteiger partial charge in [-0.3, -0.25) is 0 Å². The van der Waals surface area contributed by atoms with Crippen molar-refractivity contribution >= 4 is 5.82 Å². The molecule has 1 heterocycles. The lowest BCUT2D eigenvalue weighted by Gasteiger charge is -2.21. The van der Waals surface area contributed by atoms with E-state index >= 15 is 0 Å². The normalized spacial score (nSPS) is 12.9. The summed E-state index contributed by atoms with van der Waals surface area (Å²) in [6.07, 6.45) is -0.804. The molecule has 0 unspecified atom stereocenters. The Morgan fingerprint density at radius 1 is 1.53 bits per heavy atom. The van der Waals surface area contributed by atoms with Crippen molar-refractivity contribution in [3.63, 3.8) is 0 Å². The fourth-order valence-corrected chi connectivity index (χ4v) is 1.38. The highest BCUT2D eigenvalue weighted by molar-refractivity contribution is 5.47. The molecule has 0 bridgehead atoms. The third-order valence-electron chi connectivity index (χ3n) is 2.08. The van der Waals surface area contributed by atoms with E-state index in [2.05, 4.69) is 4.98 Å². The van der Waals surface area contributed by atoms with Gasteiger partial charge in [-0.1, -0.05) is 6.07 Å². The van der Waals surface area contributed by atoms with Crippen LogP contribution in [-0.4, -0.2) is 25.0 Å². The molecule has 0 fully saturated rings. The number of alkyl halides is 2. The monoisotopic (exact) mass is 215 g/mol. The summed E-state index contributed by atoms with van der Waals surface area (Å²) in [7, 11) is 1.58. The predicted octanol–water partition coefficient (Wildman–Crippen LogP) is 1.80. The van der Waals surface area contributed by atoms with Crippen molar-refractivity contribution in [2.45, 2.75) is 19.4 Å². The van der Waals surface area contributed by atoms with Crippen molar-refractivity contribution in [2.24, 2.45) is 5.73 Å². The molecule has 0 amide bonds. The summed E-state index contributed by atoms with van der Waals surface area (Å²) >= 11 is 0. The maximum atomic E-state index is 12.2. The molecule has 1 aromatic rings. The van der Waals surface area contributed by atoms with E-state index in [0.29, 0.717) is 5.82 Å². The van der Waals surface area contributed by atoms with E-state index in [0.717, 1.165) is 5.56 Å². The first kappa shape index (κ1) is 11.8. The quantitative estimate of drug-likeness (QED) is 0.832. The molecule has 3 nitrogen and oxygen atoms in total. The number of rotatable bonds is 4. The van der Waals surface area contributed by atoms with Crippen LogP contribution in [0.5, 0.6) is 0 Å². The molecular formula is C10H15F2N3. The zero-order valence-corrected chi connectivity index (χ0v) is 8.82. The van der Waals surface area contributed by atoms with Crippen LogP contribution in [0.2, 0.25) is 0 Å². The minimum absolute atomic E-state index is 0.214. The van der Waals surface area contributed by atoms with E-state index in [-0.39, 0.29) is 12.6 Å². The van der Waals surface area contributed by atoms with Crippen LogP contribution in [0.1, 0.15) is 18.5 Å². The molecule has 0 aliphatic rings. The van der Waals surface area contributed by atoms with Gasteiger partial charge in [0.1, 0.15) is 5.82 Å².